The van der Waals surface area contributed by atoms with E-state index in [1.165, 1.54) is 18.4 Å². The van der Waals surface area contributed by atoms with Crippen LogP contribution in [0, 0.1) is 5.82 Å². The summed E-state index contributed by atoms with van der Waals surface area (Å²) in [7, 11) is 1.77. The molecule has 8 nitrogen and oxygen atoms in total. The lowest BCUT2D eigenvalue weighted by atomic mass is 10.0. The van der Waals surface area contributed by atoms with Gasteiger partial charge in [0.1, 0.15) is 5.82 Å². The molecule has 2 saturated heterocycles. The van der Waals surface area contributed by atoms with E-state index in [4.69, 9.17) is 9.15 Å². The van der Waals surface area contributed by atoms with E-state index < -0.39 is 0 Å². The molecule has 1 unspecified atom stereocenters. The van der Waals surface area contributed by atoms with Crippen LogP contribution in [0.1, 0.15) is 22.2 Å². The largest absolute Gasteiger partial charge is 0.459 e. The number of nitrogens with one attached hydrogen (secondary N) is 1. The van der Waals surface area contributed by atoms with Crippen LogP contribution in [0.4, 0.5) is 4.39 Å². The van der Waals surface area contributed by atoms with Crippen LogP contribution in [0.5, 0.6) is 0 Å². The third kappa shape index (κ3) is 5.28. The first-order valence-electron chi connectivity index (χ1n) is 11.0. The number of guanidine groups is 1. The average Bonchev–Trinajstić information content (AvgIpc) is 3.38. The first kappa shape index (κ1) is 22.3. The SMILES string of the molecule is CN=C(NCC(c1ccc(F)cc1)N1CCOCC1)N1CCN(C(=O)c2ccco2)CC1. The van der Waals surface area contributed by atoms with Crippen LogP contribution in [-0.4, -0.2) is 92.6 Å². The van der Waals surface area contributed by atoms with Crippen LogP contribution in [0.25, 0.3) is 0 Å². The van der Waals surface area contributed by atoms with Gasteiger partial charge in [-0.1, -0.05) is 12.1 Å². The zero-order valence-electron chi connectivity index (χ0n) is 18.4. The van der Waals surface area contributed by atoms with Crippen molar-refractivity contribution >= 4 is 11.9 Å². The average molecular weight is 444 g/mol. The van der Waals surface area contributed by atoms with E-state index in [1.807, 2.05) is 12.1 Å². The number of amides is 1. The van der Waals surface area contributed by atoms with Gasteiger partial charge in [-0.2, -0.15) is 0 Å². The molecule has 2 fully saturated rings. The van der Waals surface area contributed by atoms with Crippen molar-refractivity contribution in [2.75, 3.05) is 66.1 Å². The number of piperazine rings is 1. The topological polar surface area (TPSA) is 73.6 Å². The molecule has 1 N–H and O–H groups in total. The summed E-state index contributed by atoms with van der Waals surface area (Å²) in [4.78, 5) is 23.3. The number of furan rings is 1. The highest BCUT2D eigenvalue weighted by Gasteiger charge is 2.27. The van der Waals surface area contributed by atoms with Gasteiger partial charge in [0.15, 0.2) is 11.7 Å². The molecule has 4 rings (SSSR count). The van der Waals surface area contributed by atoms with Gasteiger partial charge in [0, 0.05) is 52.9 Å². The smallest absolute Gasteiger partial charge is 0.289 e. The lowest BCUT2D eigenvalue weighted by molar-refractivity contribution is 0.0168. The molecule has 0 aliphatic carbocycles. The van der Waals surface area contributed by atoms with Gasteiger partial charge < -0.3 is 24.3 Å². The Morgan fingerprint density at radius 2 is 1.75 bits per heavy atom. The third-order valence-corrected chi connectivity index (χ3v) is 6.00. The van der Waals surface area contributed by atoms with E-state index in [0.29, 0.717) is 51.7 Å². The van der Waals surface area contributed by atoms with Crippen LogP contribution in [-0.2, 0) is 4.74 Å². The van der Waals surface area contributed by atoms with Gasteiger partial charge in [-0.05, 0) is 29.8 Å². The van der Waals surface area contributed by atoms with E-state index in [-0.39, 0.29) is 17.8 Å². The first-order valence-corrected chi connectivity index (χ1v) is 11.0. The van der Waals surface area contributed by atoms with Crippen molar-refractivity contribution in [3.63, 3.8) is 0 Å². The molecule has 32 heavy (non-hydrogen) atoms. The maximum absolute atomic E-state index is 13.5. The molecule has 1 aromatic carbocycles. The van der Waals surface area contributed by atoms with Gasteiger partial charge in [-0.15, -0.1) is 0 Å². The zero-order valence-corrected chi connectivity index (χ0v) is 18.4. The molecule has 2 aromatic rings. The number of rotatable bonds is 5. The molecular weight excluding hydrogens is 413 g/mol. The van der Waals surface area contributed by atoms with Crippen molar-refractivity contribution in [2.24, 2.45) is 4.99 Å². The van der Waals surface area contributed by atoms with Crippen LogP contribution in [0.15, 0.2) is 52.1 Å². The number of ether oxygens (including phenoxy) is 1. The Morgan fingerprint density at radius 1 is 1.06 bits per heavy atom. The molecule has 0 spiro atoms. The van der Waals surface area contributed by atoms with Gasteiger partial charge >= 0.3 is 0 Å². The number of nitrogens with zero attached hydrogens (tertiary/aromatic N) is 4. The molecule has 9 heteroatoms. The lowest BCUT2D eigenvalue weighted by Gasteiger charge is -2.38. The van der Waals surface area contributed by atoms with Gasteiger partial charge in [0.05, 0.1) is 25.5 Å². The molecular formula is C23H30FN5O3. The van der Waals surface area contributed by atoms with Crippen molar-refractivity contribution < 1.29 is 18.3 Å². The summed E-state index contributed by atoms with van der Waals surface area (Å²) < 4.78 is 24.2. The molecule has 0 bridgehead atoms. The van der Waals surface area contributed by atoms with Crippen molar-refractivity contribution in [1.29, 1.82) is 0 Å². The maximum atomic E-state index is 13.5. The zero-order chi connectivity index (χ0) is 22.3. The van der Waals surface area contributed by atoms with Crippen molar-refractivity contribution in [2.45, 2.75) is 6.04 Å². The number of carbonyl (C=O) groups is 1. The minimum absolute atomic E-state index is 0.0815. The summed E-state index contributed by atoms with van der Waals surface area (Å²) in [5, 5.41) is 3.50. The van der Waals surface area contributed by atoms with Crippen LogP contribution in [0.2, 0.25) is 0 Å². The number of carbonyl (C=O) groups excluding carboxylic acids is 1. The second-order valence-electron chi connectivity index (χ2n) is 7.90. The fourth-order valence-electron chi connectivity index (χ4n) is 4.23. The molecule has 2 aliphatic heterocycles. The van der Waals surface area contributed by atoms with Gasteiger partial charge in [-0.3, -0.25) is 14.7 Å². The predicted molar refractivity (Wildman–Crippen MR) is 119 cm³/mol. The molecule has 1 amide bonds. The molecule has 0 saturated carbocycles. The van der Waals surface area contributed by atoms with Gasteiger partial charge in [0.25, 0.3) is 5.91 Å². The Labute approximate surface area is 187 Å². The standard InChI is InChI=1S/C23H30FN5O3/c1-25-23(29-10-8-28(9-11-29)22(30)21-3-2-14-32-21)26-17-20(27-12-15-31-16-13-27)18-4-6-19(24)7-5-18/h2-7,14,20H,8-13,15-17H2,1H3,(H,25,26). The number of hydrogen-bond donors (Lipinski definition) is 1. The number of halogens is 1. The minimum Gasteiger partial charge on any atom is -0.459 e. The Morgan fingerprint density at radius 3 is 2.38 bits per heavy atom. The van der Waals surface area contributed by atoms with Crippen LogP contribution < -0.4 is 5.32 Å². The lowest BCUT2D eigenvalue weighted by Crippen LogP contribution is -2.54. The summed E-state index contributed by atoms with van der Waals surface area (Å²) in [6.45, 7) is 6.26. The number of hydrogen-bond acceptors (Lipinski definition) is 5. The number of morpholine rings is 1. The van der Waals surface area contributed by atoms with E-state index in [0.717, 1.165) is 24.6 Å². The highest BCUT2D eigenvalue weighted by Crippen LogP contribution is 2.22. The molecule has 3 heterocycles. The fourth-order valence-corrected chi connectivity index (χ4v) is 4.23. The normalized spacial score (nSPS) is 19.1. The van der Waals surface area contributed by atoms with Crippen LogP contribution >= 0.6 is 0 Å². The quantitative estimate of drug-likeness (QED) is 0.562. The van der Waals surface area contributed by atoms with Crippen LogP contribution in [0.3, 0.4) is 0 Å². The van der Waals surface area contributed by atoms with E-state index in [2.05, 4.69) is 20.1 Å². The van der Waals surface area contributed by atoms with E-state index in [1.54, 1.807) is 24.1 Å². The maximum Gasteiger partial charge on any atom is 0.289 e. The monoisotopic (exact) mass is 443 g/mol. The molecule has 1 atom stereocenters. The second-order valence-corrected chi connectivity index (χ2v) is 7.90. The third-order valence-electron chi connectivity index (χ3n) is 6.00. The second kappa shape index (κ2) is 10.6. The van der Waals surface area contributed by atoms with Crippen molar-refractivity contribution in [3.05, 3.63) is 59.8 Å². The fraction of sp³-hybridized carbons (Fsp3) is 0.478. The number of benzene rings is 1. The molecule has 2 aliphatic rings. The van der Waals surface area contributed by atoms with Crippen molar-refractivity contribution in [3.8, 4) is 0 Å². The van der Waals surface area contributed by atoms with E-state index in [9.17, 15) is 9.18 Å². The Bertz CT molecular complexity index is 889. The summed E-state index contributed by atoms with van der Waals surface area (Å²) in [5.74, 6) is 0.852. The molecule has 172 valence electrons. The summed E-state index contributed by atoms with van der Waals surface area (Å²) in [6.07, 6.45) is 1.52. The summed E-state index contributed by atoms with van der Waals surface area (Å²) in [6, 6.07) is 10.2. The van der Waals surface area contributed by atoms with Gasteiger partial charge in [-0.25, -0.2) is 4.39 Å². The van der Waals surface area contributed by atoms with E-state index >= 15 is 0 Å². The minimum atomic E-state index is -0.236. The molecule has 0 radical (unpaired) electrons. The highest BCUT2D eigenvalue weighted by atomic mass is 19.1. The Balaban J connectivity index is 1.36. The summed E-state index contributed by atoms with van der Waals surface area (Å²) >= 11 is 0. The Hall–Kier alpha value is -2.91. The predicted octanol–water partition coefficient (Wildman–Crippen LogP) is 1.83. The molecule has 1 aromatic heterocycles. The number of aliphatic imine (C=N–C) groups is 1. The highest BCUT2D eigenvalue weighted by molar-refractivity contribution is 5.91. The first-order chi connectivity index (χ1) is 15.7. The van der Waals surface area contributed by atoms with Crippen molar-refractivity contribution in [1.82, 2.24) is 20.0 Å². The summed E-state index contributed by atoms with van der Waals surface area (Å²) in [5.41, 5.74) is 1.06. The van der Waals surface area contributed by atoms with Gasteiger partial charge in [0.2, 0.25) is 0 Å². The Kier molecular flexibility index (Phi) is 7.39.